The van der Waals surface area contributed by atoms with E-state index in [-0.39, 0.29) is 39.5 Å². The molecular weight excluding hydrogens is 1310 g/mol. The molecule has 0 aliphatic carbocycles. The van der Waals surface area contributed by atoms with Crippen molar-refractivity contribution in [2.24, 2.45) is 0 Å². The van der Waals surface area contributed by atoms with Crippen molar-refractivity contribution in [3.8, 4) is 34.3 Å². The maximum absolute atomic E-state index is 13.2. The summed E-state index contributed by atoms with van der Waals surface area (Å²) in [5.41, 5.74) is 6.95. The van der Waals surface area contributed by atoms with E-state index in [1.165, 1.54) is 101 Å². The standard InChI is InChI=1S/C15H9F3N2O2.C15H12N2O3.C14H8F2N2O2.2C14H9FN2O2/c16-15(17,18)11-2-4-12(5-3-11)20-13-6-1-9(14(21)22)7-10(13)8-19-20;1-20-14-9-12(4-6-16-14)17-7-5-10-8-11(15(18)19)2-3-13(10)17;15-11-3-2-10(6-12(11)16)18-13-4-1-8(14(19)20)5-9(13)7-17-18;15-11-2-4-12(5-3-11)17-13-6-1-9(14(18)19)7-10(13)8-16-17;15-11-2-1-3-12(7-11)17-13-5-4-9(14(18)19)6-10(13)8-16-17/h1-8H,(H,21,22);2-9H,1H3,(H,18,19);1-7H,(H,19,20);2*1-8H,(H,18,19). The largest absolute Gasteiger partial charge is 0.481 e. The topological polar surface area (TPSA) is 285 Å². The first-order valence-electron chi connectivity index (χ1n) is 29.3. The number of pyridine rings is 1. The number of carboxylic acids is 5. The Balaban J connectivity index is 0.000000126. The normalized spacial score (nSPS) is 11.0. The van der Waals surface area contributed by atoms with E-state index in [2.05, 4.69) is 25.4 Å². The molecule has 9 aromatic carbocycles. The lowest BCUT2D eigenvalue weighted by molar-refractivity contribution is -0.137. The van der Waals surface area contributed by atoms with E-state index in [1.807, 2.05) is 29.0 Å². The van der Waals surface area contributed by atoms with Gasteiger partial charge in [0, 0.05) is 51.5 Å². The summed E-state index contributed by atoms with van der Waals surface area (Å²) < 4.78 is 103. The third kappa shape index (κ3) is 15.0. The Morgan fingerprint density at radius 3 is 1.16 bits per heavy atom. The smallest absolute Gasteiger partial charge is 0.416 e. The van der Waals surface area contributed by atoms with Crippen molar-refractivity contribution in [3.63, 3.8) is 0 Å². The Kier molecular flexibility index (Phi) is 19.4. The summed E-state index contributed by atoms with van der Waals surface area (Å²) in [6.45, 7) is 0. The van der Waals surface area contributed by atoms with E-state index < -0.39 is 53.2 Å². The van der Waals surface area contributed by atoms with Crippen LogP contribution in [0.1, 0.15) is 57.4 Å². The summed E-state index contributed by atoms with van der Waals surface area (Å²) in [6.07, 6.45) is 5.28. The Hall–Kier alpha value is -13.8. The van der Waals surface area contributed by atoms with Crippen molar-refractivity contribution in [2.75, 3.05) is 7.11 Å². The highest BCUT2D eigenvalue weighted by Gasteiger charge is 2.30. The predicted molar refractivity (Wildman–Crippen MR) is 352 cm³/mol. The zero-order chi connectivity index (χ0) is 71.1. The number of ether oxygens (including phenoxy) is 1. The lowest BCUT2D eigenvalue weighted by Gasteiger charge is -2.08. The molecule has 21 nitrogen and oxygen atoms in total. The van der Waals surface area contributed by atoms with Gasteiger partial charge < -0.3 is 34.8 Å². The number of hydrogen-bond acceptors (Lipinski definition) is 11. The summed E-state index contributed by atoms with van der Waals surface area (Å²) in [4.78, 5) is 58.6. The molecule has 6 heterocycles. The minimum atomic E-state index is -4.39. The lowest BCUT2D eigenvalue weighted by Crippen LogP contribution is -2.05. The summed E-state index contributed by atoms with van der Waals surface area (Å²) >= 11 is 0. The van der Waals surface area contributed by atoms with Gasteiger partial charge in [0.25, 0.3) is 0 Å². The number of carboxylic acid groups (broad SMARTS) is 5. The molecule has 15 aromatic rings. The van der Waals surface area contributed by atoms with Crippen LogP contribution in [0.4, 0.5) is 30.7 Å². The van der Waals surface area contributed by atoms with Gasteiger partial charge in [0.1, 0.15) is 11.6 Å². The van der Waals surface area contributed by atoms with Crippen LogP contribution in [0.15, 0.2) is 237 Å². The fraction of sp³-hybridized carbons (Fsp3) is 0.0278. The minimum absolute atomic E-state index is 0.125. The maximum Gasteiger partial charge on any atom is 0.416 e. The number of carbonyl (C=O) groups is 5. The second-order valence-corrected chi connectivity index (χ2v) is 21.5. The van der Waals surface area contributed by atoms with Gasteiger partial charge in [0.15, 0.2) is 11.6 Å². The lowest BCUT2D eigenvalue weighted by atomic mass is 10.1. The highest BCUT2D eigenvalue weighted by atomic mass is 19.4. The van der Waals surface area contributed by atoms with Gasteiger partial charge in [-0.2, -0.15) is 33.6 Å². The molecule has 100 heavy (non-hydrogen) atoms. The molecule has 0 amide bonds. The second kappa shape index (κ2) is 28.7. The first kappa shape index (κ1) is 67.6. The van der Waals surface area contributed by atoms with Crippen LogP contribution >= 0.6 is 0 Å². The molecule has 0 unspecified atom stereocenters. The van der Waals surface area contributed by atoms with Crippen LogP contribution in [0.3, 0.4) is 0 Å². The number of rotatable bonds is 11. The zero-order valence-electron chi connectivity index (χ0n) is 51.3. The summed E-state index contributed by atoms with van der Waals surface area (Å²) in [5.74, 6) is -6.99. The van der Waals surface area contributed by atoms with Gasteiger partial charge in [-0.3, -0.25) is 0 Å². The second-order valence-electron chi connectivity index (χ2n) is 21.5. The number of benzene rings is 9. The number of alkyl halides is 3. The molecule has 500 valence electrons. The molecular formula is C72H47F7N10O11. The first-order valence-corrected chi connectivity index (χ1v) is 29.3. The average molecular weight is 1360 g/mol. The Morgan fingerprint density at radius 2 is 0.760 bits per heavy atom. The molecule has 0 aliphatic heterocycles. The molecule has 28 heteroatoms. The van der Waals surface area contributed by atoms with Crippen LogP contribution in [0.2, 0.25) is 0 Å². The SMILES string of the molecule is COc1cc(-n2ccc3cc(C(=O)O)ccc32)ccn1.O=C(O)c1ccc2c(cnn2-c2ccc(C(F)(F)F)cc2)c1.O=C(O)c1ccc2c(cnn2-c2ccc(F)c(F)c2)c1.O=C(O)c1ccc2c(cnn2-c2ccc(F)cc2)c1.O=C(O)c1ccc2c(cnn2-c2cccc(F)c2)c1. The molecule has 15 rings (SSSR count). The number of fused-ring (bicyclic) bond motifs is 5. The van der Waals surface area contributed by atoms with E-state index in [9.17, 15) is 54.7 Å². The number of hydrogen-bond donors (Lipinski definition) is 5. The minimum Gasteiger partial charge on any atom is -0.481 e. The zero-order valence-corrected chi connectivity index (χ0v) is 51.3. The summed E-state index contributed by atoms with van der Waals surface area (Å²) in [7, 11) is 1.57. The van der Waals surface area contributed by atoms with Gasteiger partial charge in [-0.25, -0.2) is 65.2 Å². The third-order valence-electron chi connectivity index (χ3n) is 15.1. The molecule has 0 saturated heterocycles. The van der Waals surface area contributed by atoms with Crippen LogP contribution in [0.5, 0.6) is 5.88 Å². The van der Waals surface area contributed by atoms with Crippen molar-refractivity contribution >= 4 is 84.4 Å². The van der Waals surface area contributed by atoms with E-state index >= 15 is 0 Å². The Labute approximate surface area is 557 Å². The number of nitrogens with zero attached hydrogens (tertiary/aromatic N) is 10. The van der Waals surface area contributed by atoms with E-state index in [4.69, 9.17) is 30.3 Å². The van der Waals surface area contributed by atoms with Crippen LogP contribution in [-0.2, 0) is 6.18 Å². The van der Waals surface area contributed by atoms with Crippen molar-refractivity contribution < 1.29 is 85.0 Å². The number of halogens is 7. The monoisotopic (exact) mass is 1360 g/mol. The molecule has 6 aromatic heterocycles. The number of aromatic carboxylic acids is 5. The highest BCUT2D eigenvalue weighted by Crippen LogP contribution is 2.31. The predicted octanol–water partition coefficient (Wildman–Crippen LogP) is 15.2. The van der Waals surface area contributed by atoms with Crippen molar-refractivity contribution in [1.82, 2.24) is 48.7 Å². The fourth-order valence-corrected chi connectivity index (χ4v) is 10.2. The van der Waals surface area contributed by atoms with Crippen LogP contribution in [0, 0.1) is 23.3 Å². The highest BCUT2D eigenvalue weighted by molar-refractivity contribution is 5.97. The van der Waals surface area contributed by atoms with Gasteiger partial charge in [-0.1, -0.05) is 6.07 Å². The van der Waals surface area contributed by atoms with Crippen LogP contribution in [0.25, 0.3) is 83.0 Å². The quantitative estimate of drug-likeness (QED) is 0.0752. The fourth-order valence-electron chi connectivity index (χ4n) is 10.2. The molecule has 0 atom stereocenters. The van der Waals surface area contributed by atoms with Crippen molar-refractivity contribution in [1.29, 1.82) is 0 Å². The maximum atomic E-state index is 13.2. The molecule has 0 saturated carbocycles. The van der Waals surface area contributed by atoms with Gasteiger partial charge in [0.05, 0.1) is 121 Å². The van der Waals surface area contributed by atoms with Crippen LogP contribution in [-0.4, -0.2) is 111 Å². The number of methoxy groups -OCH3 is 1. The molecule has 0 fully saturated rings. The third-order valence-corrected chi connectivity index (χ3v) is 15.1. The Bertz CT molecular complexity index is 5610. The molecule has 0 bridgehead atoms. The average Bonchev–Trinajstić information content (AvgIpc) is 1.65. The van der Waals surface area contributed by atoms with Gasteiger partial charge >= 0.3 is 36.0 Å². The molecule has 0 aliphatic rings. The van der Waals surface area contributed by atoms with Crippen molar-refractivity contribution in [3.05, 3.63) is 294 Å². The van der Waals surface area contributed by atoms with Gasteiger partial charge in [0.2, 0.25) is 5.88 Å². The van der Waals surface area contributed by atoms with Gasteiger partial charge in [-0.05, 0) is 182 Å². The van der Waals surface area contributed by atoms with Crippen molar-refractivity contribution in [2.45, 2.75) is 6.18 Å². The van der Waals surface area contributed by atoms with Crippen LogP contribution < -0.4 is 4.74 Å². The number of aromatic nitrogens is 10. The van der Waals surface area contributed by atoms with Gasteiger partial charge in [-0.15, -0.1) is 0 Å². The van der Waals surface area contributed by atoms with E-state index in [1.54, 1.807) is 114 Å². The van der Waals surface area contributed by atoms with E-state index in [0.29, 0.717) is 50.1 Å². The molecule has 0 spiro atoms. The summed E-state index contributed by atoms with van der Waals surface area (Å²) in [6, 6.07) is 49.1. The van der Waals surface area contributed by atoms with E-state index in [0.717, 1.165) is 63.0 Å². The molecule has 0 radical (unpaired) electrons. The Morgan fingerprint density at radius 1 is 0.370 bits per heavy atom. The summed E-state index contributed by atoms with van der Waals surface area (Å²) in [5, 5.41) is 64.8. The molecule has 5 N–H and O–H groups in total. The first-order chi connectivity index (χ1) is 47.9.